The summed E-state index contributed by atoms with van der Waals surface area (Å²) in [5.41, 5.74) is 2.90. The number of ether oxygens (including phenoxy) is 2. The first-order chi connectivity index (χ1) is 13.2. The van der Waals surface area contributed by atoms with E-state index in [1.54, 1.807) is 24.3 Å². The Balaban J connectivity index is 1.42. The monoisotopic (exact) mass is 367 g/mol. The highest BCUT2D eigenvalue weighted by molar-refractivity contribution is 5.81. The van der Waals surface area contributed by atoms with Crippen molar-refractivity contribution in [3.63, 3.8) is 0 Å². The minimum Gasteiger partial charge on any atom is -0.482 e. The molecule has 2 aromatic rings. The van der Waals surface area contributed by atoms with E-state index in [1.807, 2.05) is 18.2 Å². The minimum atomic E-state index is -0.631. The van der Waals surface area contributed by atoms with Crippen LogP contribution in [-0.2, 0) is 20.7 Å². The fourth-order valence-electron chi connectivity index (χ4n) is 3.11. The minimum absolute atomic E-state index is 0.0475. The average Bonchev–Trinajstić information content (AvgIpc) is 2.71. The van der Waals surface area contributed by atoms with Gasteiger partial charge in [-0.15, -0.1) is 0 Å². The number of aldehydes is 1. The van der Waals surface area contributed by atoms with Gasteiger partial charge in [-0.05, 0) is 54.7 Å². The summed E-state index contributed by atoms with van der Waals surface area (Å²) in [4.78, 5) is 34.5. The van der Waals surface area contributed by atoms with E-state index in [1.165, 1.54) is 5.56 Å². The largest absolute Gasteiger partial charge is 0.482 e. The van der Waals surface area contributed by atoms with Gasteiger partial charge in [0, 0.05) is 5.56 Å². The first-order valence-corrected chi connectivity index (χ1v) is 8.86. The summed E-state index contributed by atoms with van der Waals surface area (Å²) < 4.78 is 10.2. The van der Waals surface area contributed by atoms with Crippen molar-refractivity contribution in [1.29, 1.82) is 0 Å². The van der Waals surface area contributed by atoms with Gasteiger partial charge >= 0.3 is 5.97 Å². The van der Waals surface area contributed by atoms with Crippen LogP contribution in [0.3, 0.4) is 0 Å². The fourth-order valence-corrected chi connectivity index (χ4v) is 3.11. The molecule has 0 radical (unpaired) electrons. The molecule has 0 heterocycles. The number of fused-ring (bicyclic) bond motifs is 1. The van der Waals surface area contributed by atoms with Crippen molar-refractivity contribution in [3.8, 4) is 5.75 Å². The smallest absolute Gasteiger partial charge is 0.344 e. The van der Waals surface area contributed by atoms with Crippen molar-refractivity contribution in [1.82, 2.24) is 5.32 Å². The number of hydrogen-bond acceptors (Lipinski definition) is 5. The summed E-state index contributed by atoms with van der Waals surface area (Å²) in [5.74, 6) is -0.519. The van der Waals surface area contributed by atoms with Crippen molar-refractivity contribution in [2.75, 3.05) is 13.2 Å². The molecule has 0 fully saturated rings. The molecule has 1 N–H and O–H groups in total. The summed E-state index contributed by atoms with van der Waals surface area (Å²) in [6.45, 7) is -0.648. The van der Waals surface area contributed by atoms with E-state index in [2.05, 4.69) is 11.4 Å². The Kier molecular flexibility index (Phi) is 6.20. The lowest BCUT2D eigenvalue weighted by Gasteiger charge is -2.26. The van der Waals surface area contributed by atoms with Crippen LogP contribution in [0.1, 0.15) is 40.4 Å². The summed E-state index contributed by atoms with van der Waals surface area (Å²) in [6, 6.07) is 14.4. The Morgan fingerprint density at radius 2 is 1.85 bits per heavy atom. The molecule has 6 nitrogen and oxygen atoms in total. The van der Waals surface area contributed by atoms with Gasteiger partial charge in [-0.2, -0.15) is 0 Å². The van der Waals surface area contributed by atoms with Gasteiger partial charge in [0.1, 0.15) is 12.0 Å². The van der Waals surface area contributed by atoms with E-state index in [4.69, 9.17) is 9.47 Å². The Hall–Kier alpha value is -3.15. The standard InChI is InChI=1S/C21H21NO5/c23-12-15-8-10-17(11-9-15)26-14-21(25)27-13-20(24)22-19-7-3-5-16-4-1-2-6-18(16)19/h1-2,4,6,8-12,19H,3,5,7,13-14H2,(H,22,24)/t19-/m1/s1. The number of amides is 1. The number of benzene rings is 2. The molecule has 0 saturated carbocycles. The zero-order valence-corrected chi connectivity index (χ0v) is 14.9. The molecule has 0 unspecified atom stereocenters. The lowest BCUT2D eigenvalue weighted by Crippen LogP contribution is -2.34. The summed E-state index contributed by atoms with van der Waals surface area (Å²) in [6.07, 6.45) is 3.62. The van der Waals surface area contributed by atoms with Crippen LogP contribution in [-0.4, -0.2) is 31.4 Å². The first kappa shape index (κ1) is 18.6. The van der Waals surface area contributed by atoms with Gasteiger partial charge in [0.05, 0.1) is 6.04 Å². The molecule has 1 aliphatic rings. The fraction of sp³-hybridized carbons (Fsp3) is 0.286. The molecule has 140 valence electrons. The highest BCUT2D eigenvalue weighted by Crippen LogP contribution is 2.29. The van der Waals surface area contributed by atoms with Crippen LogP contribution < -0.4 is 10.1 Å². The van der Waals surface area contributed by atoms with Crippen LogP contribution in [0.25, 0.3) is 0 Å². The molecular formula is C21H21NO5. The first-order valence-electron chi connectivity index (χ1n) is 8.86. The molecule has 0 saturated heterocycles. The molecule has 27 heavy (non-hydrogen) atoms. The molecule has 2 aromatic carbocycles. The summed E-state index contributed by atoms with van der Waals surface area (Å²) in [5, 5.41) is 2.93. The predicted molar refractivity (Wildman–Crippen MR) is 98.5 cm³/mol. The highest BCUT2D eigenvalue weighted by atomic mass is 16.6. The number of esters is 1. The van der Waals surface area contributed by atoms with E-state index in [-0.39, 0.29) is 25.2 Å². The van der Waals surface area contributed by atoms with Crippen LogP contribution in [0.2, 0.25) is 0 Å². The number of hydrogen-bond donors (Lipinski definition) is 1. The Bertz CT molecular complexity index is 816. The van der Waals surface area contributed by atoms with Gasteiger partial charge in [0.2, 0.25) is 0 Å². The number of aryl methyl sites for hydroxylation is 1. The molecule has 0 aromatic heterocycles. The predicted octanol–water partition coefficient (Wildman–Crippen LogP) is 2.61. The molecule has 0 bridgehead atoms. The maximum atomic E-state index is 12.1. The van der Waals surface area contributed by atoms with Crippen molar-refractivity contribution in [2.24, 2.45) is 0 Å². The van der Waals surface area contributed by atoms with Gasteiger partial charge < -0.3 is 14.8 Å². The van der Waals surface area contributed by atoms with Gasteiger partial charge in [0.15, 0.2) is 13.2 Å². The number of carbonyl (C=O) groups is 3. The zero-order chi connectivity index (χ0) is 19.1. The van der Waals surface area contributed by atoms with Crippen molar-refractivity contribution in [3.05, 3.63) is 65.2 Å². The Labute approximate surface area is 157 Å². The molecular weight excluding hydrogens is 346 g/mol. The second kappa shape index (κ2) is 8.98. The second-order valence-electron chi connectivity index (χ2n) is 6.35. The molecule has 1 atom stereocenters. The van der Waals surface area contributed by atoms with Crippen molar-refractivity contribution < 1.29 is 23.9 Å². The Morgan fingerprint density at radius 3 is 2.63 bits per heavy atom. The van der Waals surface area contributed by atoms with Crippen LogP contribution in [0.15, 0.2) is 48.5 Å². The Morgan fingerprint density at radius 1 is 1.07 bits per heavy atom. The maximum absolute atomic E-state index is 12.1. The number of rotatable bonds is 7. The van der Waals surface area contributed by atoms with Gasteiger partial charge in [-0.3, -0.25) is 9.59 Å². The van der Waals surface area contributed by atoms with E-state index < -0.39 is 5.97 Å². The summed E-state index contributed by atoms with van der Waals surface area (Å²) >= 11 is 0. The summed E-state index contributed by atoms with van der Waals surface area (Å²) in [7, 11) is 0. The van der Waals surface area contributed by atoms with Crippen LogP contribution in [0.4, 0.5) is 0 Å². The normalized spacial score (nSPS) is 15.3. The van der Waals surface area contributed by atoms with Gasteiger partial charge in [-0.1, -0.05) is 24.3 Å². The lowest BCUT2D eigenvalue weighted by molar-refractivity contribution is -0.150. The molecule has 1 amide bonds. The third-order valence-corrected chi connectivity index (χ3v) is 4.44. The third kappa shape index (κ3) is 5.17. The zero-order valence-electron chi connectivity index (χ0n) is 14.9. The van der Waals surface area contributed by atoms with Crippen molar-refractivity contribution in [2.45, 2.75) is 25.3 Å². The van der Waals surface area contributed by atoms with Crippen molar-refractivity contribution >= 4 is 18.2 Å². The molecule has 1 aliphatic carbocycles. The highest BCUT2D eigenvalue weighted by Gasteiger charge is 2.21. The van der Waals surface area contributed by atoms with Crippen LogP contribution in [0, 0.1) is 0 Å². The van der Waals surface area contributed by atoms with E-state index in [0.29, 0.717) is 11.3 Å². The van der Waals surface area contributed by atoms with Gasteiger partial charge in [0.25, 0.3) is 5.91 Å². The van der Waals surface area contributed by atoms with E-state index in [0.717, 1.165) is 31.1 Å². The van der Waals surface area contributed by atoms with E-state index >= 15 is 0 Å². The van der Waals surface area contributed by atoms with Gasteiger partial charge in [-0.25, -0.2) is 4.79 Å². The number of carbonyl (C=O) groups excluding carboxylic acids is 3. The molecule has 0 aliphatic heterocycles. The number of nitrogens with one attached hydrogen (secondary N) is 1. The second-order valence-corrected chi connectivity index (χ2v) is 6.35. The lowest BCUT2D eigenvalue weighted by atomic mass is 9.88. The molecule has 3 rings (SSSR count). The average molecular weight is 367 g/mol. The van der Waals surface area contributed by atoms with Crippen LogP contribution >= 0.6 is 0 Å². The maximum Gasteiger partial charge on any atom is 0.344 e. The third-order valence-electron chi connectivity index (χ3n) is 4.44. The quantitative estimate of drug-likeness (QED) is 0.601. The SMILES string of the molecule is O=Cc1ccc(OCC(=O)OCC(=O)N[C@@H]2CCCc3ccccc32)cc1. The molecule has 0 spiro atoms. The molecule has 6 heteroatoms. The topological polar surface area (TPSA) is 81.7 Å². The van der Waals surface area contributed by atoms with E-state index in [9.17, 15) is 14.4 Å². The van der Waals surface area contributed by atoms with Crippen LogP contribution in [0.5, 0.6) is 5.75 Å².